The Hall–Kier alpha value is -0.0400. The van der Waals surface area contributed by atoms with Crippen LogP contribution < -0.4 is 5.32 Å². The van der Waals surface area contributed by atoms with Crippen LogP contribution in [0.4, 0.5) is 0 Å². The number of nitrogens with one attached hydrogen (secondary N) is 1. The summed E-state index contributed by atoms with van der Waals surface area (Å²) in [6, 6.07) is 0. The first-order chi connectivity index (χ1) is 5.62. The molecule has 0 fully saturated rings. The van der Waals surface area contributed by atoms with Crippen molar-refractivity contribution in [3.63, 3.8) is 0 Å². The first kappa shape index (κ1) is 12.0. The molecule has 1 nitrogen and oxygen atoms in total. The van der Waals surface area contributed by atoms with Gasteiger partial charge in [0, 0.05) is 0 Å². The molecule has 0 atom stereocenters. The van der Waals surface area contributed by atoms with Crippen molar-refractivity contribution in [2.24, 2.45) is 5.41 Å². The van der Waals surface area contributed by atoms with Crippen molar-refractivity contribution >= 4 is 0 Å². The van der Waals surface area contributed by atoms with Crippen LogP contribution in [0.15, 0.2) is 0 Å². The zero-order chi connectivity index (χ0) is 9.45. The second-order valence-electron chi connectivity index (χ2n) is 4.37. The molecule has 0 aliphatic heterocycles. The molecule has 0 aromatic carbocycles. The molecule has 0 aromatic heterocycles. The Balaban J connectivity index is 3.19. The van der Waals surface area contributed by atoms with E-state index in [0.29, 0.717) is 5.41 Å². The predicted octanol–water partition coefficient (Wildman–Crippen LogP) is 3.20. The Morgan fingerprint density at radius 1 is 1.08 bits per heavy atom. The molecule has 0 amide bonds. The van der Waals surface area contributed by atoms with Crippen molar-refractivity contribution in [2.45, 2.75) is 53.4 Å². The van der Waals surface area contributed by atoms with E-state index in [1.165, 1.54) is 38.8 Å². The van der Waals surface area contributed by atoms with E-state index in [-0.39, 0.29) is 0 Å². The minimum Gasteiger partial charge on any atom is -0.317 e. The highest BCUT2D eigenvalue weighted by Gasteiger charge is 2.13. The molecule has 0 unspecified atom stereocenters. The van der Waals surface area contributed by atoms with Crippen molar-refractivity contribution in [2.75, 3.05) is 13.1 Å². The topological polar surface area (TPSA) is 12.0 Å². The quantitative estimate of drug-likeness (QED) is 0.580. The summed E-state index contributed by atoms with van der Waals surface area (Å²) in [5.41, 5.74) is 0.527. The summed E-state index contributed by atoms with van der Waals surface area (Å²) < 4.78 is 0. The number of unbranched alkanes of at least 4 members (excludes halogenated alkanes) is 1. The summed E-state index contributed by atoms with van der Waals surface area (Å²) in [6.45, 7) is 11.6. The van der Waals surface area contributed by atoms with E-state index in [9.17, 15) is 0 Å². The molecule has 0 aliphatic carbocycles. The van der Waals surface area contributed by atoms with Gasteiger partial charge in [-0.15, -0.1) is 0 Å². The van der Waals surface area contributed by atoms with Crippen LogP contribution in [0.1, 0.15) is 53.4 Å². The van der Waals surface area contributed by atoms with E-state index < -0.39 is 0 Å². The van der Waals surface area contributed by atoms with Crippen molar-refractivity contribution in [3.8, 4) is 0 Å². The Bertz CT molecular complexity index is 97.2. The number of hydrogen-bond acceptors (Lipinski definition) is 1. The van der Waals surface area contributed by atoms with E-state index in [1.807, 2.05) is 0 Å². The van der Waals surface area contributed by atoms with Crippen LogP contribution in [0.2, 0.25) is 0 Å². The smallest absolute Gasteiger partial charge is 0.00438 e. The number of rotatable bonds is 7. The Morgan fingerprint density at radius 2 is 1.75 bits per heavy atom. The van der Waals surface area contributed by atoms with Crippen LogP contribution in [-0.2, 0) is 0 Å². The van der Waals surface area contributed by atoms with Gasteiger partial charge in [0.25, 0.3) is 0 Å². The zero-order valence-electron chi connectivity index (χ0n) is 9.24. The maximum atomic E-state index is 3.48. The molecule has 0 saturated carbocycles. The van der Waals surface area contributed by atoms with Crippen LogP contribution in [0, 0.1) is 5.41 Å². The summed E-state index contributed by atoms with van der Waals surface area (Å²) in [5, 5.41) is 3.48. The lowest BCUT2D eigenvalue weighted by Gasteiger charge is -2.22. The summed E-state index contributed by atoms with van der Waals surface area (Å²) in [6.07, 6.45) is 5.19. The van der Waals surface area contributed by atoms with Gasteiger partial charge in [-0.1, -0.05) is 40.5 Å². The lowest BCUT2D eigenvalue weighted by Crippen LogP contribution is -2.22. The van der Waals surface area contributed by atoms with Gasteiger partial charge in [-0.25, -0.2) is 0 Å². The fourth-order valence-electron chi connectivity index (χ4n) is 1.03. The molecular weight excluding hydrogens is 146 g/mol. The fraction of sp³-hybridized carbons (Fsp3) is 1.00. The third-order valence-electron chi connectivity index (χ3n) is 2.64. The average Bonchev–Trinajstić information content (AvgIpc) is 2.04. The van der Waals surface area contributed by atoms with Crippen LogP contribution in [0.5, 0.6) is 0 Å². The molecule has 0 radical (unpaired) electrons. The molecule has 1 N–H and O–H groups in total. The standard InChI is InChI=1S/C11H25N/c1-5-7-9-12-10-8-11(3,4)6-2/h12H,5-10H2,1-4H3. The molecule has 1 heteroatoms. The van der Waals surface area contributed by atoms with Crippen LogP contribution in [-0.4, -0.2) is 13.1 Å². The second kappa shape index (κ2) is 6.47. The van der Waals surface area contributed by atoms with Gasteiger partial charge < -0.3 is 5.32 Å². The van der Waals surface area contributed by atoms with Crippen molar-refractivity contribution in [3.05, 3.63) is 0 Å². The van der Waals surface area contributed by atoms with Gasteiger partial charge in [-0.05, 0) is 31.3 Å². The monoisotopic (exact) mass is 171 g/mol. The Kier molecular flexibility index (Phi) is 6.45. The largest absolute Gasteiger partial charge is 0.317 e. The van der Waals surface area contributed by atoms with Crippen LogP contribution in [0.3, 0.4) is 0 Å². The zero-order valence-corrected chi connectivity index (χ0v) is 9.24. The average molecular weight is 171 g/mol. The lowest BCUT2D eigenvalue weighted by molar-refractivity contribution is 0.315. The summed E-state index contributed by atoms with van der Waals surface area (Å²) in [7, 11) is 0. The van der Waals surface area contributed by atoms with Crippen LogP contribution >= 0.6 is 0 Å². The third-order valence-corrected chi connectivity index (χ3v) is 2.64. The molecule has 0 spiro atoms. The molecular formula is C11H25N. The van der Waals surface area contributed by atoms with Gasteiger partial charge in [0.1, 0.15) is 0 Å². The Labute approximate surface area is 77.9 Å². The van der Waals surface area contributed by atoms with E-state index in [0.717, 1.165) is 0 Å². The molecule has 0 heterocycles. The second-order valence-corrected chi connectivity index (χ2v) is 4.37. The highest BCUT2D eigenvalue weighted by atomic mass is 14.8. The first-order valence-electron chi connectivity index (χ1n) is 5.33. The van der Waals surface area contributed by atoms with E-state index in [4.69, 9.17) is 0 Å². The summed E-state index contributed by atoms with van der Waals surface area (Å²) in [4.78, 5) is 0. The predicted molar refractivity (Wildman–Crippen MR) is 56.5 cm³/mol. The van der Waals surface area contributed by atoms with Gasteiger partial charge in [0.2, 0.25) is 0 Å². The summed E-state index contributed by atoms with van der Waals surface area (Å²) in [5.74, 6) is 0. The molecule has 0 aliphatic rings. The highest BCUT2D eigenvalue weighted by molar-refractivity contribution is 4.67. The lowest BCUT2D eigenvalue weighted by atomic mass is 9.86. The SMILES string of the molecule is CCCCNCCC(C)(C)CC. The van der Waals surface area contributed by atoms with E-state index in [2.05, 4.69) is 33.0 Å². The van der Waals surface area contributed by atoms with Crippen molar-refractivity contribution < 1.29 is 0 Å². The van der Waals surface area contributed by atoms with Crippen molar-refractivity contribution in [1.29, 1.82) is 0 Å². The van der Waals surface area contributed by atoms with Gasteiger partial charge >= 0.3 is 0 Å². The van der Waals surface area contributed by atoms with Gasteiger partial charge in [-0.2, -0.15) is 0 Å². The van der Waals surface area contributed by atoms with Crippen molar-refractivity contribution in [1.82, 2.24) is 5.32 Å². The maximum Gasteiger partial charge on any atom is -0.00438 e. The first-order valence-corrected chi connectivity index (χ1v) is 5.33. The minimum atomic E-state index is 0.527. The Morgan fingerprint density at radius 3 is 2.25 bits per heavy atom. The molecule has 0 saturated heterocycles. The summed E-state index contributed by atoms with van der Waals surface area (Å²) >= 11 is 0. The molecule has 74 valence electrons. The molecule has 0 rings (SSSR count). The minimum absolute atomic E-state index is 0.527. The molecule has 0 bridgehead atoms. The van der Waals surface area contributed by atoms with E-state index in [1.54, 1.807) is 0 Å². The number of hydrogen-bond donors (Lipinski definition) is 1. The van der Waals surface area contributed by atoms with Gasteiger partial charge in [-0.3, -0.25) is 0 Å². The van der Waals surface area contributed by atoms with Gasteiger partial charge in [0.05, 0.1) is 0 Å². The molecule has 0 aromatic rings. The molecule has 12 heavy (non-hydrogen) atoms. The third kappa shape index (κ3) is 6.66. The normalized spacial score (nSPS) is 12.0. The fourth-order valence-corrected chi connectivity index (χ4v) is 1.03. The maximum absolute atomic E-state index is 3.48. The van der Waals surface area contributed by atoms with E-state index >= 15 is 0 Å². The highest BCUT2D eigenvalue weighted by Crippen LogP contribution is 2.23. The van der Waals surface area contributed by atoms with Gasteiger partial charge in [0.15, 0.2) is 0 Å². The van der Waals surface area contributed by atoms with Crippen LogP contribution in [0.25, 0.3) is 0 Å².